The van der Waals surface area contributed by atoms with E-state index in [2.05, 4.69) is 128 Å². The third-order valence-electron chi connectivity index (χ3n) is 26.5. The molecule has 5 aromatic carbocycles. The van der Waals surface area contributed by atoms with Crippen molar-refractivity contribution < 1.29 is 64.1 Å². The minimum atomic E-state index is -1.61. The third-order valence-corrected chi connectivity index (χ3v) is 31.8. The highest BCUT2D eigenvalue weighted by Crippen LogP contribution is 2.40. The lowest BCUT2D eigenvalue weighted by Crippen LogP contribution is -2.38. The average Bonchev–Trinajstić information content (AvgIpc) is 1.58. The molecule has 0 bridgehead atoms. The molecule has 1 saturated carbocycles. The largest absolute Gasteiger partial charge is 0.488 e. The predicted octanol–water partition coefficient (Wildman–Crippen LogP) is 11.0. The van der Waals surface area contributed by atoms with Crippen molar-refractivity contribution >= 4 is 199 Å². The van der Waals surface area contributed by atoms with Gasteiger partial charge in [-0.1, -0.05) is 69.5 Å². The van der Waals surface area contributed by atoms with Gasteiger partial charge in [0.2, 0.25) is 11.8 Å². The molecule has 1 aliphatic carbocycles. The van der Waals surface area contributed by atoms with E-state index in [0.717, 1.165) is 206 Å². The number of nitrogens with one attached hydrogen (secondary N) is 6. The zero-order valence-electron chi connectivity index (χ0n) is 77.5. The number of likely N-dealkylation sites (N-methyl/N-ethyl adjacent to an activating group) is 1. The van der Waals surface area contributed by atoms with Crippen LogP contribution < -0.4 is 43.5 Å². The van der Waals surface area contributed by atoms with Crippen LogP contribution in [0.5, 0.6) is 5.75 Å². The fraction of sp³-hybridized carbons (Fsp3) is 0.270. The van der Waals surface area contributed by atoms with Crippen LogP contribution in [0.15, 0.2) is 207 Å². The summed E-state index contributed by atoms with van der Waals surface area (Å²) >= 11 is 0. The second-order valence-corrected chi connectivity index (χ2v) is 42.3. The molecule has 19 heterocycles. The predicted molar refractivity (Wildman–Crippen MR) is 546 cm³/mol. The van der Waals surface area contributed by atoms with Gasteiger partial charge in [0, 0.05) is 164 Å². The van der Waals surface area contributed by atoms with E-state index in [9.17, 15) is 59.4 Å². The average molecular weight is 2020 g/mol. The van der Waals surface area contributed by atoms with Crippen LogP contribution in [-0.2, 0) is 101 Å². The van der Waals surface area contributed by atoms with Crippen LogP contribution in [0.25, 0.3) is 124 Å². The molecule has 0 spiro atoms. The third kappa shape index (κ3) is 19.6. The number of benzene rings is 5. The smallest absolute Gasteiger partial charge is 0.272 e. The quantitative estimate of drug-likeness (QED) is 0.0555. The summed E-state index contributed by atoms with van der Waals surface area (Å²) in [6.07, 6.45) is 35.4. The Balaban J connectivity index is 0.000000106. The molecule has 38 nitrogen and oxygen atoms in total. The maximum absolute atomic E-state index is 12.7. The molecule has 8 amide bonds. The zero-order chi connectivity index (χ0) is 98.5. The molecular weight excluding hydrogens is 1920 g/mol. The molecule has 0 radical (unpaired) electrons. The van der Waals surface area contributed by atoms with Crippen molar-refractivity contribution in [2.75, 3.05) is 74.6 Å². The van der Waals surface area contributed by atoms with E-state index in [4.69, 9.17) is 4.74 Å². The Morgan fingerprint density at radius 1 is 0.399 bits per heavy atom. The lowest BCUT2D eigenvalue weighted by molar-refractivity contribution is -0.133. The molecule has 14 aromatic rings. The van der Waals surface area contributed by atoms with E-state index < -0.39 is 66.7 Å². The lowest BCUT2D eigenvalue weighted by Gasteiger charge is -2.33. The van der Waals surface area contributed by atoms with Crippen molar-refractivity contribution in [3.05, 3.63) is 230 Å². The van der Waals surface area contributed by atoms with Crippen LogP contribution in [0.1, 0.15) is 118 Å². The number of aryl methyl sites for hydroxylation is 1. The first-order valence-corrected chi connectivity index (χ1v) is 52.6. The highest BCUT2D eigenvalue weighted by atomic mass is 32.2. The number of piperidine rings is 1. The van der Waals surface area contributed by atoms with Gasteiger partial charge in [-0.2, -0.15) is 25.5 Å². The molecule has 11 aliphatic rings. The fourth-order valence-electron chi connectivity index (χ4n) is 19.4. The first-order chi connectivity index (χ1) is 69.3. The maximum atomic E-state index is 12.7. The summed E-state index contributed by atoms with van der Waals surface area (Å²) in [5.41, 5.74) is 15.7. The minimum absolute atomic E-state index is 0.0110. The van der Waals surface area contributed by atoms with E-state index in [0.29, 0.717) is 79.8 Å². The zero-order valence-corrected chi connectivity index (χ0v) is 81.6. The number of rotatable bonds is 15. The summed E-state index contributed by atoms with van der Waals surface area (Å²) in [5.74, 6) is 3.33. The van der Waals surface area contributed by atoms with Gasteiger partial charge in [0.1, 0.15) is 23.9 Å². The number of likely N-dealkylation sites (tertiary alicyclic amines) is 2. The number of ether oxygens (including phenoxy) is 1. The van der Waals surface area contributed by atoms with Gasteiger partial charge in [-0.15, -0.1) is 0 Å². The van der Waals surface area contributed by atoms with E-state index in [1.54, 1.807) is 58.8 Å². The highest BCUT2D eigenvalue weighted by molar-refractivity contribution is 7.94. The van der Waals surface area contributed by atoms with Crippen LogP contribution in [0.4, 0.5) is 17.5 Å². The van der Waals surface area contributed by atoms with Crippen LogP contribution in [0, 0.1) is 11.8 Å². The molecular formula is C100H94N24O14S5. The van der Waals surface area contributed by atoms with E-state index in [1.807, 2.05) is 114 Å². The van der Waals surface area contributed by atoms with Gasteiger partial charge in [0.05, 0.1) is 65.1 Å². The van der Waals surface area contributed by atoms with Crippen LogP contribution in [-0.4, -0.2) is 206 Å². The molecule has 5 unspecified atom stereocenters. The van der Waals surface area contributed by atoms with Gasteiger partial charge in [0.15, 0.2) is 91.6 Å². The lowest BCUT2D eigenvalue weighted by atomic mass is 9.85. The Hall–Kier alpha value is -15.3. The Morgan fingerprint density at radius 3 is 1.27 bits per heavy atom. The van der Waals surface area contributed by atoms with E-state index in [1.165, 1.54) is 87.7 Å². The number of hydrogen-bond donors (Lipinski definition) is 6. The Morgan fingerprint density at radius 2 is 0.818 bits per heavy atom. The van der Waals surface area contributed by atoms with Gasteiger partial charge < -0.3 is 29.7 Å². The summed E-state index contributed by atoms with van der Waals surface area (Å²) in [5, 5.41) is 30.4. The van der Waals surface area contributed by atoms with Gasteiger partial charge in [-0.25, -0.2) is 59.4 Å². The van der Waals surface area contributed by atoms with Crippen molar-refractivity contribution in [3.8, 4) is 50.3 Å². The number of pyridine rings is 4. The first kappa shape index (κ1) is 93.9. The summed E-state index contributed by atoms with van der Waals surface area (Å²) in [6.45, 7) is 11.1. The number of anilines is 3. The highest BCUT2D eigenvalue weighted by Gasteiger charge is 2.34. The van der Waals surface area contributed by atoms with Gasteiger partial charge in [-0.3, -0.25) is 67.0 Å². The molecule has 2 saturated heterocycles. The van der Waals surface area contributed by atoms with Crippen molar-refractivity contribution in [3.63, 3.8) is 0 Å². The number of hydrogen-bond acceptors (Lipinski definition) is 25. The molecule has 5 atom stereocenters. The van der Waals surface area contributed by atoms with Crippen LogP contribution in [0.3, 0.4) is 0 Å². The Labute approximate surface area is 829 Å². The van der Waals surface area contributed by atoms with Gasteiger partial charge >= 0.3 is 0 Å². The fourth-order valence-corrected chi connectivity index (χ4v) is 23.7. The van der Waals surface area contributed by atoms with E-state index in [-0.39, 0.29) is 29.5 Å². The monoisotopic (exact) mass is 2010 g/mol. The van der Waals surface area contributed by atoms with E-state index >= 15 is 0 Å². The molecule has 6 N–H and O–H groups in total. The normalized spacial score (nSPS) is 19.7. The second-order valence-electron chi connectivity index (χ2n) is 36.5. The molecule has 3 fully saturated rings. The number of carbonyl (C=O) groups is 8. The first-order valence-electron chi connectivity index (χ1n) is 46.9. The van der Waals surface area contributed by atoms with Crippen molar-refractivity contribution in [1.29, 1.82) is 0 Å². The summed E-state index contributed by atoms with van der Waals surface area (Å²) in [7, 11) is -5.90. The SMILES string of the molecule is CC(C)CN1CCOc2cc(-c3ccc4c(cnn4C4=CC(=O)NS4=O)c3)cnc21.CN1CCc2cc(-c3ccc4c(cnn4C4=CC(=O)NS4=O)c3)cnc21.O=C1C=C(n2ncc3cc(-c4ccc(C(=O)N5CCCC5)nc4)ccc32)S(=O)N1.O=C1C=C(n2ncc3cc(-c4cnc5c(c4)CCC(=O)N5)ccc32)S(=O)N1.O=C1C=C(n2ncc3cc(C4CCN(C(=O)CC5CCCCC5)CC4)ccc32)S(=O)N1. The standard InChI is InChI=1S/C23H28N4O3S.C21H21N5O3S.C20H17N5O3S.C18H13N5O3S.C18H15N5O2S/c28-21-14-23(31(30)25-21)27-20-7-6-18(13-19(20)15-24-27)17-8-10-26(11-9-17)22(29)12-16-4-2-1-3-5-16;1-13(2)12-25-5-6-29-18-8-15(10-22-21(18)25)14-3-4-17-16(7-14)11-23-26(17)20-9-19(27)24-30(20)28;26-18-10-19(29(28)23-18)25-17-6-4-13(9-15(17)12-22-25)14-3-5-16(21-11-14)20(27)24-7-1-2-8-24;24-15-4-2-11-6-12(8-19-18(11)21-15)10-1-3-14-13(5-10)9-20-23(14)17-7-16(25)22-27(17)26;1-22-5-4-12-7-13(9-19-18(12)22)11-2-3-15-14(6-11)10-20-23(15)17-8-16(24)21-26(17)25/h6-7,13-17H,1-5,8-12H2,(H,25,28);3-4,7-11,13H,5-6,12H2,1-2H3,(H,24,27);3-6,9-12H,1-2,7-8H2,(H,23,26);1,3,5-9H,2,4H2,(H,22,25)(H,19,21,24);2-3,6-10H,4-5H2,1H3,(H,21,24). The Kier molecular flexibility index (Phi) is 26.3. The number of aromatic nitrogens is 14. The number of nitrogens with zero attached hydrogens (tertiary/aromatic N) is 18. The summed E-state index contributed by atoms with van der Waals surface area (Å²) < 4.78 is 85.4. The number of fused-ring (bicyclic) bond motifs is 8. The number of amides is 8. The number of carbonyl (C=O) groups excluding carboxylic acids is 8. The van der Waals surface area contributed by atoms with Gasteiger partial charge in [-0.05, 0) is 193 Å². The van der Waals surface area contributed by atoms with Crippen LogP contribution in [0.2, 0.25) is 0 Å². The van der Waals surface area contributed by atoms with Crippen molar-refractivity contribution in [2.24, 2.45) is 11.8 Å². The van der Waals surface area contributed by atoms with Crippen LogP contribution >= 0.6 is 0 Å². The molecule has 143 heavy (non-hydrogen) atoms. The summed E-state index contributed by atoms with van der Waals surface area (Å²) in [6, 6.07) is 39.4. The second kappa shape index (κ2) is 40.0. The van der Waals surface area contributed by atoms with Gasteiger partial charge in [0.25, 0.3) is 35.4 Å². The molecule has 728 valence electrons. The molecule has 10 aliphatic heterocycles. The maximum Gasteiger partial charge on any atom is 0.272 e. The van der Waals surface area contributed by atoms with Crippen molar-refractivity contribution in [1.82, 2.24) is 102 Å². The molecule has 9 aromatic heterocycles. The minimum Gasteiger partial charge on any atom is -0.488 e. The molecule has 43 heteroatoms. The molecule has 25 rings (SSSR count). The summed E-state index contributed by atoms with van der Waals surface area (Å²) in [4.78, 5) is 120. The topological polar surface area (TPSA) is 457 Å². The Bertz CT molecular complexity index is 7930. The van der Waals surface area contributed by atoms with Crippen molar-refractivity contribution in [2.45, 2.75) is 103 Å².